The maximum atomic E-state index is 12.9. The first-order valence-electron chi connectivity index (χ1n) is 8.00. The second-order valence-corrected chi connectivity index (χ2v) is 7.91. The van der Waals surface area contributed by atoms with Crippen molar-refractivity contribution in [3.63, 3.8) is 0 Å². The first-order chi connectivity index (χ1) is 11.6. The van der Waals surface area contributed by atoms with Crippen molar-refractivity contribution in [2.24, 2.45) is 0 Å². The van der Waals surface area contributed by atoms with E-state index in [0.717, 1.165) is 29.7 Å². The Hall–Kier alpha value is -1.40. The number of benzene rings is 1. The van der Waals surface area contributed by atoms with Gasteiger partial charge in [-0.15, -0.1) is 11.3 Å². The van der Waals surface area contributed by atoms with Crippen LogP contribution < -0.4 is 5.73 Å². The topological polar surface area (TPSA) is 61.6 Å². The monoisotopic (exact) mass is 363 g/mol. The van der Waals surface area contributed by atoms with Crippen LogP contribution in [0.25, 0.3) is 0 Å². The van der Waals surface area contributed by atoms with E-state index in [-0.39, 0.29) is 11.4 Å². The van der Waals surface area contributed by atoms with E-state index in [1.807, 2.05) is 0 Å². The summed E-state index contributed by atoms with van der Waals surface area (Å²) in [6, 6.07) is 6.95. The Bertz CT molecular complexity index is 778. The van der Waals surface area contributed by atoms with Crippen LogP contribution >= 0.6 is 22.9 Å². The molecule has 0 radical (unpaired) electrons. The lowest BCUT2D eigenvalue weighted by molar-refractivity contribution is -0.161. The number of carbonyl (C=O) groups excluding carboxylic acids is 1. The first kappa shape index (κ1) is 16.1. The second kappa shape index (κ2) is 6.15. The normalized spacial score (nSPS) is 23.2. The molecule has 1 aliphatic heterocycles. The molecule has 1 saturated heterocycles. The molecule has 4 nitrogen and oxygen atoms in total. The number of rotatable bonds is 2. The lowest BCUT2D eigenvalue weighted by Crippen LogP contribution is -2.47. The highest BCUT2D eigenvalue weighted by atomic mass is 35.5. The van der Waals surface area contributed by atoms with Gasteiger partial charge in [0.2, 0.25) is 0 Å². The Labute approximate surface area is 149 Å². The summed E-state index contributed by atoms with van der Waals surface area (Å²) in [5.74, 6) is -0.0292. The molecule has 1 spiro atoms. The zero-order valence-electron chi connectivity index (χ0n) is 13.1. The minimum absolute atomic E-state index is 0.0292. The van der Waals surface area contributed by atoms with Crippen molar-refractivity contribution >= 4 is 33.7 Å². The molecule has 2 N–H and O–H groups in total. The van der Waals surface area contributed by atoms with E-state index in [2.05, 4.69) is 0 Å². The van der Waals surface area contributed by atoms with E-state index >= 15 is 0 Å². The molecule has 2 aliphatic rings. The fourth-order valence-corrected chi connectivity index (χ4v) is 4.90. The van der Waals surface area contributed by atoms with Crippen molar-refractivity contribution in [2.75, 3.05) is 25.6 Å². The summed E-state index contributed by atoms with van der Waals surface area (Å²) in [4.78, 5) is 14.1. The molecule has 1 unspecified atom stereocenters. The number of ether oxygens (including phenoxy) is 2. The molecule has 6 heteroatoms. The number of halogens is 1. The molecule has 1 aliphatic carbocycles. The number of nitrogens with two attached hydrogens (primary N) is 1. The summed E-state index contributed by atoms with van der Waals surface area (Å²) in [6.07, 6.45) is 2.42. The lowest BCUT2D eigenvalue weighted by atomic mass is 9.82. The first-order valence-corrected chi connectivity index (χ1v) is 9.19. The zero-order valence-corrected chi connectivity index (χ0v) is 14.7. The fourth-order valence-electron chi connectivity index (χ4n) is 3.53. The van der Waals surface area contributed by atoms with Gasteiger partial charge in [-0.05, 0) is 42.7 Å². The van der Waals surface area contributed by atoms with Crippen LogP contribution in [0.5, 0.6) is 0 Å². The van der Waals surface area contributed by atoms with E-state index in [1.165, 1.54) is 11.3 Å². The van der Waals surface area contributed by atoms with Gasteiger partial charge < -0.3 is 15.2 Å². The molecule has 0 bridgehead atoms. The summed E-state index contributed by atoms with van der Waals surface area (Å²) < 4.78 is 11.6. The van der Waals surface area contributed by atoms with E-state index in [1.54, 1.807) is 24.3 Å². The molecule has 0 saturated carbocycles. The van der Waals surface area contributed by atoms with Crippen LogP contribution in [0.15, 0.2) is 24.3 Å². The molecular formula is C18H18ClNO3S. The van der Waals surface area contributed by atoms with Gasteiger partial charge >= 0.3 is 0 Å². The molecule has 4 rings (SSSR count). The number of ketones is 1. The van der Waals surface area contributed by atoms with Crippen LogP contribution in [0.2, 0.25) is 5.02 Å². The molecule has 0 amide bonds. The Morgan fingerprint density at radius 1 is 1.25 bits per heavy atom. The fraction of sp³-hybridized carbons (Fsp3) is 0.389. The Morgan fingerprint density at radius 2 is 2.04 bits per heavy atom. The summed E-state index contributed by atoms with van der Waals surface area (Å²) in [5.41, 5.74) is 8.31. The maximum absolute atomic E-state index is 12.9. The van der Waals surface area contributed by atoms with Gasteiger partial charge in [-0.3, -0.25) is 4.79 Å². The van der Waals surface area contributed by atoms with Crippen LogP contribution in [0.3, 0.4) is 0 Å². The Morgan fingerprint density at radius 3 is 2.75 bits per heavy atom. The number of nitrogen functional groups attached to an aromatic ring is 1. The predicted molar refractivity (Wildman–Crippen MR) is 95.1 cm³/mol. The molecule has 1 fully saturated rings. The third-order valence-electron chi connectivity index (χ3n) is 4.77. The minimum atomic E-state index is -0.247. The molecule has 2 aromatic rings. The van der Waals surface area contributed by atoms with Gasteiger partial charge in [0.15, 0.2) is 5.78 Å². The van der Waals surface area contributed by atoms with E-state index in [9.17, 15) is 4.79 Å². The van der Waals surface area contributed by atoms with Crippen molar-refractivity contribution in [3.05, 3.63) is 50.9 Å². The third kappa shape index (κ3) is 2.75. The SMILES string of the molecule is Nc1sc2c(c1C(=O)c1ccc(Cl)cc1)CCC1(COCCO1)C2. The van der Waals surface area contributed by atoms with E-state index in [4.69, 9.17) is 26.8 Å². The van der Waals surface area contributed by atoms with E-state index in [0.29, 0.717) is 41.0 Å². The molecular weight excluding hydrogens is 346 g/mol. The number of carbonyl (C=O) groups is 1. The maximum Gasteiger partial charge on any atom is 0.196 e. The van der Waals surface area contributed by atoms with Crippen molar-refractivity contribution in [1.29, 1.82) is 0 Å². The number of thiophene rings is 1. The average Bonchev–Trinajstić information content (AvgIpc) is 2.90. The Balaban J connectivity index is 1.67. The summed E-state index contributed by atoms with van der Waals surface area (Å²) >= 11 is 7.42. The summed E-state index contributed by atoms with van der Waals surface area (Å²) in [5, 5.41) is 1.21. The van der Waals surface area contributed by atoms with Crippen molar-refractivity contribution in [2.45, 2.75) is 24.9 Å². The number of anilines is 1. The largest absolute Gasteiger partial charge is 0.390 e. The molecule has 24 heavy (non-hydrogen) atoms. The van der Waals surface area contributed by atoms with Crippen molar-refractivity contribution < 1.29 is 14.3 Å². The zero-order chi connectivity index (χ0) is 16.7. The average molecular weight is 364 g/mol. The highest BCUT2D eigenvalue weighted by Crippen LogP contribution is 2.42. The summed E-state index contributed by atoms with van der Waals surface area (Å²) in [6.45, 7) is 1.90. The predicted octanol–water partition coefficient (Wildman–Crippen LogP) is 3.49. The van der Waals surface area contributed by atoms with Crippen LogP contribution in [0, 0.1) is 0 Å². The number of hydrogen-bond acceptors (Lipinski definition) is 5. The van der Waals surface area contributed by atoms with Crippen LogP contribution in [-0.4, -0.2) is 31.2 Å². The highest BCUT2D eigenvalue weighted by Gasteiger charge is 2.40. The number of fused-ring (bicyclic) bond motifs is 1. The van der Waals surface area contributed by atoms with Crippen LogP contribution in [0.4, 0.5) is 5.00 Å². The van der Waals surface area contributed by atoms with Gasteiger partial charge in [0, 0.05) is 21.9 Å². The van der Waals surface area contributed by atoms with Gasteiger partial charge in [0.05, 0.1) is 36.0 Å². The minimum Gasteiger partial charge on any atom is -0.390 e. The lowest BCUT2D eigenvalue weighted by Gasteiger charge is -2.39. The quantitative estimate of drug-likeness (QED) is 0.830. The van der Waals surface area contributed by atoms with Crippen LogP contribution in [-0.2, 0) is 22.3 Å². The Kier molecular flexibility index (Phi) is 4.12. The van der Waals surface area contributed by atoms with Gasteiger partial charge in [0.25, 0.3) is 0 Å². The molecule has 1 aromatic carbocycles. The smallest absolute Gasteiger partial charge is 0.196 e. The molecule has 1 atom stereocenters. The number of hydrogen-bond donors (Lipinski definition) is 1. The van der Waals surface area contributed by atoms with E-state index < -0.39 is 0 Å². The van der Waals surface area contributed by atoms with Gasteiger partial charge in [-0.1, -0.05) is 11.6 Å². The van der Waals surface area contributed by atoms with Crippen LogP contribution in [0.1, 0.15) is 32.8 Å². The summed E-state index contributed by atoms with van der Waals surface area (Å²) in [7, 11) is 0. The van der Waals surface area contributed by atoms with Gasteiger partial charge in [0.1, 0.15) is 0 Å². The molecule has 1 aromatic heterocycles. The van der Waals surface area contributed by atoms with Crippen molar-refractivity contribution in [1.82, 2.24) is 0 Å². The highest BCUT2D eigenvalue weighted by molar-refractivity contribution is 7.16. The van der Waals surface area contributed by atoms with Gasteiger partial charge in [-0.2, -0.15) is 0 Å². The molecule has 2 heterocycles. The standard InChI is InChI=1S/C18H18ClNO3S/c19-12-3-1-11(2-4-12)16(21)15-13-5-6-18(10-22-7-8-23-18)9-14(13)24-17(15)20/h1-4H,5-10,20H2. The van der Waals surface area contributed by atoms with Gasteiger partial charge in [-0.25, -0.2) is 0 Å². The molecule has 126 valence electrons. The van der Waals surface area contributed by atoms with Crippen molar-refractivity contribution in [3.8, 4) is 0 Å². The third-order valence-corrected chi connectivity index (χ3v) is 6.08. The second-order valence-electron chi connectivity index (χ2n) is 6.34.